The van der Waals surface area contributed by atoms with Crippen molar-refractivity contribution in [1.82, 2.24) is 14.7 Å². The molecule has 3 aromatic rings. The standard InChI is InChI=1S/C16H11Cl2F2N3O/c17-10-6-12(18)15-22-11(8-23(15)7-10)3-4-21-16(24)9-1-2-13(19)14(20)5-9/h1-2,5-8H,3-4H2,(H,21,24). The van der Waals surface area contributed by atoms with Crippen LogP contribution in [0.3, 0.4) is 0 Å². The van der Waals surface area contributed by atoms with Gasteiger partial charge in [0.25, 0.3) is 5.91 Å². The summed E-state index contributed by atoms with van der Waals surface area (Å²) in [5.74, 6) is -2.54. The normalized spacial score (nSPS) is 11.0. The molecule has 3 rings (SSSR count). The molecule has 0 atom stereocenters. The first-order valence-electron chi connectivity index (χ1n) is 7.00. The molecule has 1 aromatic carbocycles. The summed E-state index contributed by atoms with van der Waals surface area (Å²) in [5.41, 5.74) is 1.34. The first-order chi connectivity index (χ1) is 11.4. The van der Waals surface area contributed by atoms with Crippen molar-refractivity contribution in [3.63, 3.8) is 0 Å². The van der Waals surface area contributed by atoms with Gasteiger partial charge < -0.3 is 9.72 Å². The quantitative estimate of drug-likeness (QED) is 0.758. The van der Waals surface area contributed by atoms with E-state index in [2.05, 4.69) is 10.3 Å². The summed E-state index contributed by atoms with van der Waals surface area (Å²) in [4.78, 5) is 16.3. The number of nitrogens with one attached hydrogen (secondary N) is 1. The molecule has 0 bridgehead atoms. The first-order valence-corrected chi connectivity index (χ1v) is 7.75. The van der Waals surface area contributed by atoms with Crippen LogP contribution in [0.5, 0.6) is 0 Å². The predicted molar refractivity (Wildman–Crippen MR) is 87.6 cm³/mol. The fourth-order valence-electron chi connectivity index (χ4n) is 2.24. The number of imidazole rings is 1. The maximum atomic E-state index is 13.1. The van der Waals surface area contributed by atoms with Crippen LogP contribution in [0.15, 0.2) is 36.7 Å². The van der Waals surface area contributed by atoms with Crippen molar-refractivity contribution in [3.05, 3.63) is 69.6 Å². The molecule has 0 aliphatic carbocycles. The van der Waals surface area contributed by atoms with Gasteiger partial charge in [0.2, 0.25) is 0 Å². The molecule has 1 amide bonds. The minimum absolute atomic E-state index is 0.0544. The molecule has 24 heavy (non-hydrogen) atoms. The molecule has 0 aliphatic rings. The molecule has 0 radical (unpaired) electrons. The lowest BCUT2D eigenvalue weighted by atomic mass is 10.2. The first kappa shape index (κ1) is 16.7. The summed E-state index contributed by atoms with van der Waals surface area (Å²) in [6, 6.07) is 4.59. The highest BCUT2D eigenvalue weighted by molar-refractivity contribution is 6.36. The minimum atomic E-state index is -1.06. The second kappa shape index (κ2) is 6.75. The fraction of sp³-hybridized carbons (Fsp3) is 0.125. The van der Waals surface area contributed by atoms with Gasteiger partial charge in [-0.15, -0.1) is 0 Å². The number of rotatable bonds is 4. The number of hydrogen-bond acceptors (Lipinski definition) is 2. The molecular formula is C16H11Cl2F2N3O. The molecule has 8 heteroatoms. The molecule has 1 N–H and O–H groups in total. The lowest BCUT2D eigenvalue weighted by Gasteiger charge is -2.04. The number of benzene rings is 1. The van der Waals surface area contributed by atoms with Gasteiger partial charge in [-0.1, -0.05) is 23.2 Å². The lowest BCUT2D eigenvalue weighted by molar-refractivity contribution is 0.0953. The molecule has 4 nitrogen and oxygen atoms in total. The van der Waals surface area contributed by atoms with E-state index in [0.717, 1.165) is 12.1 Å². The van der Waals surface area contributed by atoms with Crippen LogP contribution in [0.2, 0.25) is 10.0 Å². The van der Waals surface area contributed by atoms with E-state index < -0.39 is 17.5 Å². The number of carbonyl (C=O) groups excluding carboxylic acids is 1. The van der Waals surface area contributed by atoms with Crippen molar-refractivity contribution in [2.75, 3.05) is 6.54 Å². The van der Waals surface area contributed by atoms with Gasteiger partial charge in [0.15, 0.2) is 17.3 Å². The Labute approximate surface area is 146 Å². The molecule has 0 saturated heterocycles. The summed E-state index contributed by atoms with van der Waals surface area (Å²) < 4.78 is 27.7. The van der Waals surface area contributed by atoms with Gasteiger partial charge in [-0.05, 0) is 24.3 Å². The van der Waals surface area contributed by atoms with E-state index in [1.54, 1.807) is 22.9 Å². The topological polar surface area (TPSA) is 46.4 Å². The van der Waals surface area contributed by atoms with Crippen LogP contribution in [0.4, 0.5) is 8.78 Å². The number of fused-ring (bicyclic) bond motifs is 1. The van der Waals surface area contributed by atoms with Crippen LogP contribution >= 0.6 is 23.2 Å². The third-order valence-corrected chi connectivity index (χ3v) is 3.86. The zero-order valence-corrected chi connectivity index (χ0v) is 13.7. The molecule has 0 aliphatic heterocycles. The number of nitrogens with zero attached hydrogens (tertiary/aromatic N) is 2. The van der Waals surface area contributed by atoms with Crippen LogP contribution in [-0.4, -0.2) is 21.8 Å². The van der Waals surface area contributed by atoms with E-state index in [1.807, 2.05) is 0 Å². The van der Waals surface area contributed by atoms with E-state index in [9.17, 15) is 13.6 Å². The van der Waals surface area contributed by atoms with Crippen molar-refractivity contribution in [2.24, 2.45) is 0 Å². The molecule has 0 unspecified atom stereocenters. The summed E-state index contributed by atoms with van der Waals surface area (Å²) in [7, 11) is 0. The monoisotopic (exact) mass is 369 g/mol. The van der Waals surface area contributed by atoms with E-state index in [-0.39, 0.29) is 12.1 Å². The smallest absolute Gasteiger partial charge is 0.251 e. The molecular weight excluding hydrogens is 359 g/mol. The Kier molecular flexibility index (Phi) is 4.69. The molecule has 0 saturated carbocycles. The highest BCUT2D eigenvalue weighted by atomic mass is 35.5. The number of pyridine rings is 1. The van der Waals surface area contributed by atoms with E-state index in [1.165, 1.54) is 6.07 Å². The maximum absolute atomic E-state index is 13.1. The van der Waals surface area contributed by atoms with Gasteiger partial charge in [0, 0.05) is 30.9 Å². The summed E-state index contributed by atoms with van der Waals surface area (Å²) in [5, 5.41) is 3.55. The van der Waals surface area contributed by atoms with Gasteiger partial charge in [0.1, 0.15) is 0 Å². The predicted octanol–water partition coefficient (Wildman–Crippen LogP) is 3.89. The van der Waals surface area contributed by atoms with Crippen LogP contribution < -0.4 is 5.32 Å². The Hall–Kier alpha value is -2.18. The van der Waals surface area contributed by atoms with Crippen LogP contribution in [0.25, 0.3) is 5.65 Å². The average Bonchev–Trinajstić information content (AvgIpc) is 2.93. The number of aromatic nitrogens is 2. The fourth-order valence-corrected chi connectivity index (χ4v) is 2.77. The number of halogens is 4. The highest BCUT2D eigenvalue weighted by Gasteiger charge is 2.10. The summed E-state index contributed by atoms with van der Waals surface area (Å²) in [6.45, 7) is 0.285. The largest absolute Gasteiger partial charge is 0.352 e. The zero-order chi connectivity index (χ0) is 17.3. The molecule has 2 heterocycles. The number of amides is 1. The molecule has 0 spiro atoms. The Morgan fingerprint density at radius 3 is 2.71 bits per heavy atom. The van der Waals surface area contributed by atoms with Gasteiger partial charge in [-0.25, -0.2) is 13.8 Å². The van der Waals surface area contributed by atoms with Crippen molar-refractivity contribution >= 4 is 34.8 Å². The SMILES string of the molecule is O=C(NCCc1cn2cc(Cl)cc(Cl)c2n1)c1ccc(F)c(F)c1. The van der Waals surface area contributed by atoms with Gasteiger partial charge >= 0.3 is 0 Å². The number of hydrogen-bond donors (Lipinski definition) is 1. The Balaban J connectivity index is 1.64. The summed E-state index contributed by atoms with van der Waals surface area (Å²) >= 11 is 12.0. The van der Waals surface area contributed by atoms with Crippen LogP contribution in [0.1, 0.15) is 16.1 Å². The Bertz CT molecular complexity index is 927. The molecule has 124 valence electrons. The van der Waals surface area contributed by atoms with E-state index in [0.29, 0.717) is 27.8 Å². The molecule has 2 aromatic heterocycles. The van der Waals surface area contributed by atoms with Gasteiger partial charge in [-0.3, -0.25) is 4.79 Å². The average molecular weight is 370 g/mol. The second-order valence-corrected chi connectivity index (χ2v) is 5.95. The minimum Gasteiger partial charge on any atom is -0.352 e. The van der Waals surface area contributed by atoms with Crippen molar-refractivity contribution in [3.8, 4) is 0 Å². The third kappa shape index (κ3) is 3.49. The van der Waals surface area contributed by atoms with Crippen LogP contribution in [-0.2, 0) is 6.42 Å². The molecule has 0 fully saturated rings. The van der Waals surface area contributed by atoms with Gasteiger partial charge in [-0.2, -0.15) is 0 Å². The third-order valence-electron chi connectivity index (χ3n) is 3.37. The van der Waals surface area contributed by atoms with Crippen molar-refractivity contribution < 1.29 is 13.6 Å². The van der Waals surface area contributed by atoms with Crippen molar-refractivity contribution in [1.29, 1.82) is 0 Å². The van der Waals surface area contributed by atoms with E-state index in [4.69, 9.17) is 23.2 Å². The Morgan fingerprint density at radius 1 is 1.17 bits per heavy atom. The lowest BCUT2D eigenvalue weighted by Crippen LogP contribution is -2.25. The summed E-state index contributed by atoms with van der Waals surface area (Å²) in [6.07, 6.45) is 3.89. The van der Waals surface area contributed by atoms with Crippen molar-refractivity contribution in [2.45, 2.75) is 6.42 Å². The van der Waals surface area contributed by atoms with Gasteiger partial charge in [0.05, 0.1) is 15.7 Å². The Morgan fingerprint density at radius 2 is 1.96 bits per heavy atom. The highest BCUT2D eigenvalue weighted by Crippen LogP contribution is 2.21. The zero-order valence-electron chi connectivity index (χ0n) is 12.2. The van der Waals surface area contributed by atoms with Crippen LogP contribution in [0, 0.1) is 11.6 Å². The van der Waals surface area contributed by atoms with E-state index >= 15 is 0 Å². The maximum Gasteiger partial charge on any atom is 0.251 e. The second-order valence-electron chi connectivity index (χ2n) is 5.10. The number of carbonyl (C=O) groups is 1.